The van der Waals surface area contributed by atoms with Crippen molar-refractivity contribution in [2.45, 2.75) is 0 Å². The van der Waals surface area contributed by atoms with Gasteiger partial charge in [0.2, 0.25) is 5.91 Å². The standard InChI is InChI=1S/C18H15ClN4O3/c1-26-16-6-5-11(17(20)24)9-15(16)21-18(25)14-7-8-23(22-14)13-4-2-3-12(19)10-13/h2-10H,1H3,(H2,20,24)(H,21,25). The number of rotatable bonds is 5. The minimum absolute atomic E-state index is 0.191. The molecule has 0 aliphatic rings. The van der Waals surface area contributed by atoms with Crippen molar-refractivity contribution in [3.63, 3.8) is 0 Å². The second kappa shape index (κ2) is 7.28. The van der Waals surface area contributed by atoms with E-state index >= 15 is 0 Å². The van der Waals surface area contributed by atoms with Crippen molar-refractivity contribution in [3.8, 4) is 11.4 Å². The van der Waals surface area contributed by atoms with E-state index in [1.165, 1.54) is 23.9 Å². The Bertz CT molecular complexity index is 984. The summed E-state index contributed by atoms with van der Waals surface area (Å²) >= 11 is 5.97. The van der Waals surface area contributed by atoms with Crippen LogP contribution in [0.4, 0.5) is 5.69 Å². The number of nitrogens with one attached hydrogen (secondary N) is 1. The van der Waals surface area contributed by atoms with Gasteiger partial charge in [-0.15, -0.1) is 0 Å². The lowest BCUT2D eigenvalue weighted by Crippen LogP contribution is -2.16. The summed E-state index contributed by atoms with van der Waals surface area (Å²) in [5.74, 6) is -0.656. The number of nitrogens with two attached hydrogens (primary N) is 1. The van der Waals surface area contributed by atoms with Gasteiger partial charge in [0.05, 0.1) is 18.5 Å². The zero-order chi connectivity index (χ0) is 18.7. The number of amides is 2. The van der Waals surface area contributed by atoms with Crippen LogP contribution in [0.25, 0.3) is 5.69 Å². The molecular formula is C18H15ClN4O3. The molecule has 0 radical (unpaired) electrons. The lowest BCUT2D eigenvalue weighted by molar-refractivity contribution is 0.0995. The van der Waals surface area contributed by atoms with Crippen molar-refractivity contribution in [1.29, 1.82) is 0 Å². The molecule has 1 heterocycles. The molecule has 0 aliphatic heterocycles. The van der Waals surface area contributed by atoms with Crippen LogP contribution in [-0.4, -0.2) is 28.7 Å². The molecule has 0 atom stereocenters. The number of hydrogen-bond acceptors (Lipinski definition) is 4. The summed E-state index contributed by atoms with van der Waals surface area (Å²) in [5, 5.41) is 7.49. The summed E-state index contributed by atoms with van der Waals surface area (Å²) < 4.78 is 6.74. The number of anilines is 1. The number of primary amides is 1. The van der Waals surface area contributed by atoms with Gasteiger partial charge in [0.25, 0.3) is 5.91 Å². The monoisotopic (exact) mass is 370 g/mol. The minimum atomic E-state index is -0.603. The molecule has 0 bridgehead atoms. The number of nitrogens with zero attached hydrogens (tertiary/aromatic N) is 2. The summed E-state index contributed by atoms with van der Waals surface area (Å²) in [5.41, 5.74) is 6.78. The highest BCUT2D eigenvalue weighted by Gasteiger charge is 2.15. The lowest BCUT2D eigenvalue weighted by atomic mass is 10.1. The van der Waals surface area contributed by atoms with E-state index in [-0.39, 0.29) is 11.3 Å². The van der Waals surface area contributed by atoms with Crippen molar-refractivity contribution < 1.29 is 14.3 Å². The van der Waals surface area contributed by atoms with Crippen LogP contribution in [0, 0.1) is 0 Å². The largest absolute Gasteiger partial charge is 0.495 e. The van der Waals surface area contributed by atoms with Gasteiger partial charge in [-0.2, -0.15) is 5.10 Å². The van der Waals surface area contributed by atoms with E-state index in [1.807, 2.05) is 6.07 Å². The Labute approximate surface area is 154 Å². The molecule has 1 aromatic heterocycles. The van der Waals surface area contributed by atoms with Gasteiger partial charge < -0.3 is 15.8 Å². The highest BCUT2D eigenvalue weighted by atomic mass is 35.5. The Balaban J connectivity index is 1.85. The first-order valence-corrected chi connectivity index (χ1v) is 7.96. The number of benzene rings is 2. The number of carbonyl (C=O) groups excluding carboxylic acids is 2. The van der Waals surface area contributed by atoms with Crippen LogP contribution < -0.4 is 15.8 Å². The lowest BCUT2D eigenvalue weighted by Gasteiger charge is -2.10. The average Bonchev–Trinajstić information content (AvgIpc) is 3.12. The summed E-state index contributed by atoms with van der Waals surface area (Å²) in [6.07, 6.45) is 1.65. The van der Waals surface area contributed by atoms with Crippen molar-refractivity contribution in [3.05, 3.63) is 71.0 Å². The Kier molecular flexibility index (Phi) is 4.90. The molecule has 0 aliphatic carbocycles. The third-order valence-electron chi connectivity index (χ3n) is 3.63. The van der Waals surface area contributed by atoms with Crippen molar-refractivity contribution >= 4 is 29.1 Å². The summed E-state index contributed by atoms with van der Waals surface area (Å²) in [6, 6.07) is 13.2. The van der Waals surface area contributed by atoms with E-state index < -0.39 is 11.8 Å². The van der Waals surface area contributed by atoms with E-state index in [9.17, 15) is 9.59 Å². The molecule has 0 saturated heterocycles. The predicted molar refractivity (Wildman–Crippen MR) is 98.0 cm³/mol. The maximum atomic E-state index is 12.5. The summed E-state index contributed by atoms with van der Waals surface area (Å²) in [6.45, 7) is 0. The van der Waals surface area contributed by atoms with Gasteiger partial charge in [0.1, 0.15) is 5.75 Å². The predicted octanol–water partition coefficient (Wildman–Crippen LogP) is 2.89. The topological polar surface area (TPSA) is 99.2 Å². The van der Waals surface area contributed by atoms with Crippen LogP contribution in [0.15, 0.2) is 54.7 Å². The van der Waals surface area contributed by atoms with Crippen LogP contribution in [0.1, 0.15) is 20.8 Å². The fourth-order valence-electron chi connectivity index (χ4n) is 2.35. The number of carbonyl (C=O) groups is 2. The molecule has 7 nitrogen and oxygen atoms in total. The van der Waals surface area contributed by atoms with Gasteiger partial charge in [-0.1, -0.05) is 17.7 Å². The van der Waals surface area contributed by atoms with E-state index in [4.69, 9.17) is 22.1 Å². The van der Waals surface area contributed by atoms with Crippen molar-refractivity contribution in [1.82, 2.24) is 9.78 Å². The first-order chi connectivity index (χ1) is 12.5. The molecule has 2 aromatic carbocycles. The molecular weight excluding hydrogens is 356 g/mol. The normalized spacial score (nSPS) is 10.4. The third kappa shape index (κ3) is 3.68. The highest BCUT2D eigenvalue weighted by Crippen LogP contribution is 2.26. The molecule has 26 heavy (non-hydrogen) atoms. The van der Waals surface area contributed by atoms with Crippen LogP contribution >= 0.6 is 11.6 Å². The maximum absolute atomic E-state index is 12.5. The molecule has 0 saturated carbocycles. The number of ether oxygens (including phenoxy) is 1. The smallest absolute Gasteiger partial charge is 0.276 e. The Morgan fingerprint density at radius 1 is 1.19 bits per heavy atom. The van der Waals surface area contributed by atoms with Crippen LogP contribution in [0.2, 0.25) is 5.02 Å². The highest BCUT2D eigenvalue weighted by molar-refractivity contribution is 6.30. The second-order valence-electron chi connectivity index (χ2n) is 5.36. The average molecular weight is 371 g/mol. The molecule has 0 spiro atoms. The molecule has 132 valence electrons. The molecule has 0 fully saturated rings. The molecule has 0 unspecified atom stereocenters. The zero-order valence-electron chi connectivity index (χ0n) is 13.8. The third-order valence-corrected chi connectivity index (χ3v) is 3.86. The first-order valence-electron chi connectivity index (χ1n) is 7.59. The van der Waals surface area contributed by atoms with Crippen molar-refractivity contribution in [2.24, 2.45) is 5.73 Å². The Morgan fingerprint density at radius 3 is 2.69 bits per heavy atom. The number of hydrogen-bond donors (Lipinski definition) is 2. The molecule has 3 aromatic rings. The Morgan fingerprint density at radius 2 is 2.00 bits per heavy atom. The van der Waals surface area contributed by atoms with Crippen LogP contribution in [0.3, 0.4) is 0 Å². The molecule has 8 heteroatoms. The van der Waals surface area contributed by atoms with Gasteiger partial charge in [0.15, 0.2) is 5.69 Å². The summed E-state index contributed by atoms with van der Waals surface area (Å²) in [4.78, 5) is 23.8. The van der Waals surface area contributed by atoms with Gasteiger partial charge in [-0.05, 0) is 42.5 Å². The molecule has 3 N–H and O–H groups in total. The van der Waals surface area contributed by atoms with Crippen LogP contribution in [-0.2, 0) is 0 Å². The number of aromatic nitrogens is 2. The second-order valence-corrected chi connectivity index (χ2v) is 5.80. The van der Waals surface area contributed by atoms with Gasteiger partial charge in [-0.25, -0.2) is 4.68 Å². The van der Waals surface area contributed by atoms with Gasteiger partial charge in [0, 0.05) is 16.8 Å². The summed E-state index contributed by atoms with van der Waals surface area (Å²) in [7, 11) is 1.46. The molecule has 2 amide bonds. The SMILES string of the molecule is COc1ccc(C(N)=O)cc1NC(=O)c1ccn(-c2cccc(Cl)c2)n1. The zero-order valence-corrected chi connectivity index (χ0v) is 14.5. The maximum Gasteiger partial charge on any atom is 0.276 e. The van der Waals surface area contributed by atoms with E-state index in [0.29, 0.717) is 16.5 Å². The van der Waals surface area contributed by atoms with Crippen molar-refractivity contribution in [2.75, 3.05) is 12.4 Å². The van der Waals surface area contributed by atoms with Crippen LogP contribution in [0.5, 0.6) is 5.75 Å². The minimum Gasteiger partial charge on any atom is -0.495 e. The van der Waals surface area contributed by atoms with Gasteiger partial charge in [-0.3, -0.25) is 9.59 Å². The van der Waals surface area contributed by atoms with Gasteiger partial charge >= 0.3 is 0 Å². The number of halogens is 1. The Hall–Kier alpha value is -3.32. The fourth-order valence-corrected chi connectivity index (χ4v) is 2.54. The quantitative estimate of drug-likeness (QED) is 0.721. The number of methoxy groups -OCH3 is 1. The van der Waals surface area contributed by atoms with E-state index in [2.05, 4.69) is 10.4 Å². The first kappa shape index (κ1) is 17.5. The van der Waals surface area contributed by atoms with E-state index in [0.717, 1.165) is 5.69 Å². The molecule has 3 rings (SSSR count). The van der Waals surface area contributed by atoms with E-state index in [1.54, 1.807) is 36.5 Å². The fraction of sp³-hybridized carbons (Fsp3) is 0.0556.